The summed E-state index contributed by atoms with van der Waals surface area (Å²) in [6, 6.07) is 8.91. The summed E-state index contributed by atoms with van der Waals surface area (Å²) < 4.78 is 10.9. The third-order valence-electron chi connectivity index (χ3n) is 4.08. The summed E-state index contributed by atoms with van der Waals surface area (Å²) in [5.74, 6) is -0.379. The fourth-order valence-corrected chi connectivity index (χ4v) is 2.89. The number of amides is 1. The molecule has 1 aromatic carbocycles. The van der Waals surface area contributed by atoms with Crippen molar-refractivity contribution in [3.63, 3.8) is 0 Å². The molecule has 1 atom stereocenters. The van der Waals surface area contributed by atoms with E-state index in [1.54, 1.807) is 0 Å². The molecule has 0 bridgehead atoms. The number of hydrogen-bond donors (Lipinski definition) is 0. The molecular formula is C19H27NO4. The normalized spacial score (nSPS) is 19.9. The van der Waals surface area contributed by atoms with Crippen molar-refractivity contribution >= 4 is 12.1 Å². The second-order valence-corrected chi connectivity index (χ2v) is 7.81. The molecule has 1 aliphatic rings. The number of likely N-dealkylation sites (tertiary alicyclic amines) is 1. The summed E-state index contributed by atoms with van der Waals surface area (Å²) >= 11 is 0. The second-order valence-electron chi connectivity index (χ2n) is 7.81. The minimum atomic E-state index is -0.603. The molecule has 0 unspecified atom stereocenters. The average molecular weight is 333 g/mol. The first-order valence-electron chi connectivity index (χ1n) is 8.33. The lowest BCUT2D eigenvalue weighted by Gasteiger charge is -2.36. The van der Waals surface area contributed by atoms with E-state index < -0.39 is 23.3 Å². The van der Waals surface area contributed by atoms with Gasteiger partial charge in [0.05, 0.1) is 0 Å². The molecule has 24 heavy (non-hydrogen) atoms. The Morgan fingerprint density at radius 1 is 1.21 bits per heavy atom. The van der Waals surface area contributed by atoms with Gasteiger partial charge in [-0.25, -0.2) is 9.59 Å². The van der Waals surface area contributed by atoms with Crippen LogP contribution in [0.5, 0.6) is 0 Å². The van der Waals surface area contributed by atoms with E-state index in [9.17, 15) is 9.59 Å². The van der Waals surface area contributed by atoms with Gasteiger partial charge in [-0.05, 0) is 53.0 Å². The number of nitrogens with zero attached hydrogens (tertiary/aromatic N) is 1. The van der Waals surface area contributed by atoms with Crippen molar-refractivity contribution in [2.75, 3.05) is 0 Å². The van der Waals surface area contributed by atoms with E-state index in [0.717, 1.165) is 12.0 Å². The Bertz CT molecular complexity index is 589. The van der Waals surface area contributed by atoms with Crippen molar-refractivity contribution in [2.45, 2.75) is 71.2 Å². The maximum atomic E-state index is 12.6. The Hall–Kier alpha value is -2.04. The molecule has 1 heterocycles. The van der Waals surface area contributed by atoms with Gasteiger partial charge in [0.2, 0.25) is 0 Å². The lowest BCUT2D eigenvalue weighted by atomic mass is 10.0. The molecule has 1 amide bonds. The van der Waals surface area contributed by atoms with E-state index in [0.29, 0.717) is 6.42 Å². The van der Waals surface area contributed by atoms with Crippen molar-refractivity contribution in [1.29, 1.82) is 0 Å². The molecule has 0 N–H and O–H groups in total. The van der Waals surface area contributed by atoms with Crippen LogP contribution in [0, 0.1) is 0 Å². The first-order valence-corrected chi connectivity index (χ1v) is 8.33. The predicted octanol–water partition coefficient (Wildman–Crippen LogP) is 3.91. The lowest BCUT2D eigenvalue weighted by Crippen LogP contribution is -2.51. The molecule has 1 aliphatic heterocycles. The third kappa shape index (κ3) is 4.49. The van der Waals surface area contributed by atoms with Gasteiger partial charge < -0.3 is 9.47 Å². The maximum absolute atomic E-state index is 12.6. The molecule has 0 aromatic heterocycles. The van der Waals surface area contributed by atoms with E-state index in [-0.39, 0.29) is 12.6 Å². The Kier molecular flexibility index (Phi) is 5.21. The Labute approximate surface area is 143 Å². The van der Waals surface area contributed by atoms with Crippen LogP contribution >= 0.6 is 0 Å². The van der Waals surface area contributed by atoms with Gasteiger partial charge in [0, 0.05) is 5.54 Å². The smallest absolute Gasteiger partial charge is 0.411 e. The molecule has 1 fully saturated rings. The topological polar surface area (TPSA) is 55.8 Å². The van der Waals surface area contributed by atoms with E-state index in [1.165, 1.54) is 4.90 Å². The van der Waals surface area contributed by atoms with Crippen molar-refractivity contribution in [1.82, 2.24) is 4.90 Å². The van der Waals surface area contributed by atoms with Gasteiger partial charge in [0.25, 0.3) is 0 Å². The highest BCUT2D eigenvalue weighted by molar-refractivity contribution is 5.83. The summed E-state index contributed by atoms with van der Waals surface area (Å²) in [5.41, 5.74) is -0.112. The van der Waals surface area contributed by atoms with Crippen LogP contribution in [-0.4, -0.2) is 34.1 Å². The summed E-state index contributed by atoms with van der Waals surface area (Å²) in [6.45, 7) is 9.55. The second kappa shape index (κ2) is 6.83. The highest BCUT2D eigenvalue weighted by Crippen LogP contribution is 2.35. The SMILES string of the molecule is CC(C)(C)OC(=O)N1[C@H](C(=O)OCc2ccccc2)CCC1(C)C. The van der Waals surface area contributed by atoms with Crippen LogP contribution in [-0.2, 0) is 20.9 Å². The molecule has 132 valence electrons. The zero-order chi connectivity index (χ0) is 18.0. The van der Waals surface area contributed by atoms with Crippen LogP contribution < -0.4 is 0 Å². The molecule has 5 heteroatoms. The summed E-state index contributed by atoms with van der Waals surface area (Å²) in [6.07, 6.45) is 0.851. The molecule has 5 nitrogen and oxygen atoms in total. The highest BCUT2D eigenvalue weighted by Gasteiger charge is 2.48. The van der Waals surface area contributed by atoms with Gasteiger partial charge in [-0.3, -0.25) is 4.90 Å². The molecule has 0 aliphatic carbocycles. The first-order chi connectivity index (χ1) is 11.1. The van der Waals surface area contributed by atoms with Gasteiger partial charge in [0.1, 0.15) is 18.2 Å². The van der Waals surface area contributed by atoms with E-state index in [1.807, 2.05) is 65.0 Å². The summed E-state index contributed by atoms with van der Waals surface area (Å²) in [4.78, 5) is 26.6. The van der Waals surface area contributed by atoms with Crippen molar-refractivity contribution in [3.8, 4) is 0 Å². The highest BCUT2D eigenvalue weighted by atomic mass is 16.6. The first kappa shape index (κ1) is 18.3. The van der Waals surface area contributed by atoms with Crippen LogP contribution in [0.15, 0.2) is 30.3 Å². The molecule has 1 saturated heterocycles. The number of carbonyl (C=O) groups is 2. The summed E-state index contributed by atoms with van der Waals surface area (Å²) in [5, 5.41) is 0. The Balaban J connectivity index is 2.06. The quantitative estimate of drug-likeness (QED) is 0.787. The molecular weight excluding hydrogens is 306 g/mol. The van der Waals surface area contributed by atoms with Crippen LogP contribution in [0.3, 0.4) is 0 Å². The molecule has 1 aromatic rings. The number of benzene rings is 1. The van der Waals surface area contributed by atoms with Crippen LogP contribution in [0.25, 0.3) is 0 Å². The Morgan fingerprint density at radius 3 is 2.42 bits per heavy atom. The summed E-state index contributed by atoms with van der Waals surface area (Å²) in [7, 11) is 0. The molecule has 0 spiro atoms. The van der Waals surface area contributed by atoms with Crippen LogP contribution in [0.4, 0.5) is 4.79 Å². The van der Waals surface area contributed by atoms with Gasteiger partial charge in [-0.15, -0.1) is 0 Å². The van der Waals surface area contributed by atoms with Crippen molar-refractivity contribution in [2.24, 2.45) is 0 Å². The van der Waals surface area contributed by atoms with Gasteiger partial charge in [-0.1, -0.05) is 30.3 Å². The third-order valence-corrected chi connectivity index (χ3v) is 4.08. The standard InChI is InChI=1S/C19H27NO4/c1-18(2,3)24-17(22)20-15(11-12-19(20,4)5)16(21)23-13-14-9-7-6-8-10-14/h6-10,15H,11-13H2,1-5H3/t15-/m0/s1. The van der Waals surface area contributed by atoms with Gasteiger partial charge in [0.15, 0.2) is 0 Å². The van der Waals surface area contributed by atoms with Crippen molar-refractivity contribution < 1.29 is 19.1 Å². The number of rotatable bonds is 3. The van der Waals surface area contributed by atoms with Gasteiger partial charge in [-0.2, -0.15) is 0 Å². The zero-order valence-corrected chi connectivity index (χ0v) is 15.2. The van der Waals surface area contributed by atoms with E-state index in [2.05, 4.69) is 0 Å². The number of carbonyl (C=O) groups excluding carboxylic acids is 2. The van der Waals surface area contributed by atoms with E-state index >= 15 is 0 Å². The largest absolute Gasteiger partial charge is 0.459 e. The predicted molar refractivity (Wildman–Crippen MR) is 91.4 cm³/mol. The maximum Gasteiger partial charge on any atom is 0.411 e. The lowest BCUT2D eigenvalue weighted by molar-refractivity contribution is -0.151. The number of esters is 1. The number of hydrogen-bond acceptors (Lipinski definition) is 4. The van der Waals surface area contributed by atoms with Crippen molar-refractivity contribution in [3.05, 3.63) is 35.9 Å². The number of ether oxygens (including phenoxy) is 2. The zero-order valence-electron chi connectivity index (χ0n) is 15.2. The fraction of sp³-hybridized carbons (Fsp3) is 0.579. The fourth-order valence-electron chi connectivity index (χ4n) is 2.89. The van der Waals surface area contributed by atoms with Gasteiger partial charge >= 0.3 is 12.1 Å². The molecule has 0 radical (unpaired) electrons. The monoisotopic (exact) mass is 333 g/mol. The average Bonchev–Trinajstić information content (AvgIpc) is 2.79. The van der Waals surface area contributed by atoms with Crippen LogP contribution in [0.1, 0.15) is 53.0 Å². The molecule has 0 saturated carbocycles. The van der Waals surface area contributed by atoms with E-state index in [4.69, 9.17) is 9.47 Å². The Morgan fingerprint density at radius 2 is 1.83 bits per heavy atom. The minimum Gasteiger partial charge on any atom is -0.459 e. The van der Waals surface area contributed by atoms with Crippen LogP contribution in [0.2, 0.25) is 0 Å². The molecule has 2 rings (SSSR count). The minimum absolute atomic E-state index is 0.207.